The topological polar surface area (TPSA) is 72.0 Å². The van der Waals surface area contributed by atoms with E-state index in [2.05, 4.69) is 15.3 Å². The largest absolute Gasteiger partial charge is 0.345 e. The van der Waals surface area contributed by atoms with Gasteiger partial charge in [-0.1, -0.05) is 37.7 Å². The number of nitrogens with one attached hydrogen (secondary N) is 1. The van der Waals surface area contributed by atoms with Crippen molar-refractivity contribution in [3.8, 4) is 11.1 Å². The van der Waals surface area contributed by atoms with Crippen LogP contribution in [0.4, 0.5) is 4.39 Å². The summed E-state index contributed by atoms with van der Waals surface area (Å²) in [4.78, 5) is 33.5. The van der Waals surface area contributed by atoms with E-state index in [1.807, 2.05) is 19.2 Å². The van der Waals surface area contributed by atoms with Gasteiger partial charge in [0, 0.05) is 10.9 Å². The van der Waals surface area contributed by atoms with Gasteiger partial charge in [-0.25, -0.2) is 14.4 Å². The second-order valence-corrected chi connectivity index (χ2v) is 8.53. The van der Waals surface area contributed by atoms with Crippen molar-refractivity contribution in [2.45, 2.75) is 31.8 Å². The number of carbonyl (C=O) groups is 2. The Hall–Kier alpha value is -2.32. The molecule has 5 nitrogen and oxygen atoms in total. The van der Waals surface area contributed by atoms with Gasteiger partial charge >= 0.3 is 0 Å². The third kappa shape index (κ3) is 4.56. The van der Waals surface area contributed by atoms with Crippen molar-refractivity contribution in [2.24, 2.45) is 5.92 Å². The van der Waals surface area contributed by atoms with Crippen LogP contribution < -0.4 is 5.32 Å². The Bertz CT molecular complexity index is 1000. The van der Waals surface area contributed by atoms with Crippen LogP contribution in [0.15, 0.2) is 41.0 Å². The highest BCUT2D eigenvalue weighted by Crippen LogP contribution is 2.37. The molecule has 1 N–H and O–H groups in total. The van der Waals surface area contributed by atoms with Crippen LogP contribution in [-0.2, 0) is 9.59 Å². The highest BCUT2D eigenvalue weighted by Gasteiger charge is 2.21. The van der Waals surface area contributed by atoms with E-state index < -0.39 is 6.04 Å². The number of fused-ring (bicyclic) bond motifs is 1. The van der Waals surface area contributed by atoms with E-state index in [4.69, 9.17) is 0 Å². The quantitative estimate of drug-likeness (QED) is 0.458. The van der Waals surface area contributed by atoms with E-state index in [9.17, 15) is 14.0 Å². The second kappa shape index (κ2) is 8.79. The molecule has 0 bridgehead atoms. The Balaban J connectivity index is 1.82. The summed E-state index contributed by atoms with van der Waals surface area (Å²) < 4.78 is 13.3. The zero-order chi connectivity index (χ0) is 20.3. The first-order valence-corrected chi connectivity index (χ1v) is 10.6. The number of rotatable bonds is 7. The molecule has 1 aromatic carbocycles. The maximum Gasteiger partial charge on any atom is 0.231 e. The van der Waals surface area contributed by atoms with Gasteiger partial charge in [-0.3, -0.25) is 9.59 Å². The first-order valence-electron chi connectivity index (χ1n) is 8.77. The number of benzene rings is 1. The lowest BCUT2D eigenvalue weighted by Gasteiger charge is -2.19. The van der Waals surface area contributed by atoms with Crippen molar-refractivity contribution in [3.05, 3.63) is 41.8 Å². The van der Waals surface area contributed by atoms with Crippen molar-refractivity contribution in [1.82, 2.24) is 15.3 Å². The molecule has 146 valence electrons. The molecular weight excluding hydrogens is 397 g/mol. The molecule has 28 heavy (non-hydrogen) atoms. The van der Waals surface area contributed by atoms with E-state index in [1.54, 1.807) is 12.1 Å². The molecule has 2 aromatic heterocycles. The van der Waals surface area contributed by atoms with Gasteiger partial charge in [-0.2, -0.15) is 0 Å². The number of hydrogen-bond acceptors (Lipinski definition) is 6. The van der Waals surface area contributed by atoms with Crippen LogP contribution in [0.2, 0.25) is 0 Å². The number of hydrogen-bond donors (Lipinski definition) is 1. The van der Waals surface area contributed by atoms with Crippen molar-refractivity contribution >= 4 is 45.0 Å². The van der Waals surface area contributed by atoms with E-state index >= 15 is 0 Å². The second-order valence-electron chi connectivity index (χ2n) is 6.70. The van der Waals surface area contributed by atoms with Gasteiger partial charge in [-0.15, -0.1) is 11.3 Å². The molecule has 0 aliphatic rings. The van der Waals surface area contributed by atoms with Gasteiger partial charge in [0.05, 0.1) is 17.2 Å². The Kier molecular flexibility index (Phi) is 6.41. The average Bonchev–Trinajstić information content (AvgIpc) is 3.09. The van der Waals surface area contributed by atoms with Gasteiger partial charge in [0.2, 0.25) is 5.91 Å². The molecule has 0 spiro atoms. The molecule has 3 rings (SSSR count). The monoisotopic (exact) mass is 417 g/mol. The molecule has 0 radical (unpaired) electrons. The van der Waals surface area contributed by atoms with Crippen molar-refractivity contribution in [3.63, 3.8) is 0 Å². The van der Waals surface area contributed by atoms with E-state index in [-0.39, 0.29) is 29.2 Å². The number of carbonyl (C=O) groups excluding carboxylic acids is 2. The van der Waals surface area contributed by atoms with Gasteiger partial charge in [-0.05, 0) is 30.5 Å². The van der Waals surface area contributed by atoms with Gasteiger partial charge < -0.3 is 5.32 Å². The number of thioether (sulfide) groups is 1. The van der Waals surface area contributed by atoms with Gasteiger partial charge in [0.25, 0.3) is 0 Å². The minimum atomic E-state index is -0.491. The van der Waals surface area contributed by atoms with Crippen LogP contribution in [0, 0.1) is 11.7 Å². The van der Waals surface area contributed by atoms with Crippen molar-refractivity contribution in [1.29, 1.82) is 0 Å². The smallest absolute Gasteiger partial charge is 0.231 e. The fourth-order valence-electron chi connectivity index (χ4n) is 2.89. The summed E-state index contributed by atoms with van der Waals surface area (Å²) in [7, 11) is 0. The zero-order valence-corrected chi connectivity index (χ0v) is 17.4. The fraction of sp³-hybridized carbons (Fsp3) is 0.300. The van der Waals surface area contributed by atoms with Gasteiger partial charge in [0.1, 0.15) is 22.0 Å². The maximum atomic E-state index is 13.3. The van der Waals surface area contributed by atoms with Crippen LogP contribution in [-0.4, -0.2) is 33.5 Å². The molecule has 0 aliphatic carbocycles. The Morgan fingerprint density at radius 3 is 2.57 bits per heavy atom. The predicted octanol–water partition coefficient (Wildman–Crippen LogP) is 4.32. The molecule has 0 saturated heterocycles. The first-order chi connectivity index (χ1) is 13.4. The summed E-state index contributed by atoms with van der Waals surface area (Å²) in [5.41, 5.74) is 1.78. The molecule has 3 aromatic rings. The highest BCUT2D eigenvalue weighted by atomic mass is 32.2. The Morgan fingerprint density at radius 2 is 1.93 bits per heavy atom. The lowest BCUT2D eigenvalue weighted by atomic mass is 10.0. The normalized spacial score (nSPS) is 12.3. The molecule has 0 aliphatic heterocycles. The third-order valence-corrected chi connectivity index (χ3v) is 6.13. The van der Waals surface area contributed by atoms with E-state index in [0.717, 1.165) is 21.3 Å². The molecule has 1 amide bonds. The van der Waals surface area contributed by atoms with Crippen LogP contribution in [0.5, 0.6) is 0 Å². The summed E-state index contributed by atoms with van der Waals surface area (Å²) in [6.07, 6.45) is 1.47. The van der Waals surface area contributed by atoms with Crippen LogP contribution in [0.3, 0.4) is 0 Å². The minimum absolute atomic E-state index is 0.0270. The third-order valence-electron chi connectivity index (χ3n) is 4.25. The summed E-state index contributed by atoms with van der Waals surface area (Å²) >= 11 is 2.77. The SMILES string of the molecule is CC(=O)C(NC(=O)CSc1ncnc2scc(-c3ccc(F)cc3)c12)C(C)C. The lowest BCUT2D eigenvalue weighted by molar-refractivity contribution is -0.126. The van der Waals surface area contributed by atoms with Crippen LogP contribution in [0.25, 0.3) is 21.3 Å². The first kappa shape index (κ1) is 20.4. The number of ketones is 1. The number of halogens is 1. The number of Topliss-reactive ketones (excluding diaryl/α,β-unsaturated/α-hetero) is 1. The lowest BCUT2D eigenvalue weighted by Crippen LogP contribution is -2.44. The molecule has 8 heteroatoms. The van der Waals surface area contributed by atoms with Crippen molar-refractivity contribution in [2.75, 3.05) is 5.75 Å². The van der Waals surface area contributed by atoms with Gasteiger partial charge in [0.15, 0.2) is 5.78 Å². The average molecular weight is 418 g/mol. The molecule has 2 heterocycles. The molecule has 0 fully saturated rings. The summed E-state index contributed by atoms with van der Waals surface area (Å²) in [5, 5.41) is 6.28. The highest BCUT2D eigenvalue weighted by molar-refractivity contribution is 8.00. The molecular formula is C20H20FN3O2S2. The minimum Gasteiger partial charge on any atom is -0.345 e. The molecule has 1 unspecified atom stereocenters. The van der Waals surface area contributed by atoms with Crippen molar-refractivity contribution < 1.29 is 14.0 Å². The fourth-order valence-corrected chi connectivity index (χ4v) is 4.69. The number of nitrogens with zero attached hydrogens (tertiary/aromatic N) is 2. The van der Waals surface area contributed by atoms with E-state index in [0.29, 0.717) is 5.03 Å². The maximum absolute atomic E-state index is 13.3. The van der Waals surface area contributed by atoms with Crippen LogP contribution >= 0.6 is 23.1 Å². The zero-order valence-electron chi connectivity index (χ0n) is 15.7. The number of thiophene rings is 1. The molecule has 0 saturated carbocycles. The molecule has 1 atom stereocenters. The Morgan fingerprint density at radius 1 is 1.21 bits per heavy atom. The standard InChI is InChI=1S/C20H20FN3O2S2/c1-11(2)18(12(3)25)24-16(26)9-28-20-17-15(8-27-19(17)22-10-23-20)13-4-6-14(21)7-5-13/h4-8,10-11,18H,9H2,1-3H3,(H,24,26). The van der Waals surface area contributed by atoms with E-state index in [1.165, 1.54) is 48.5 Å². The summed E-state index contributed by atoms with van der Waals surface area (Å²) in [6, 6.07) is 5.76. The van der Waals surface area contributed by atoms with Crippen LogP contribution in [0.1, 0.15) is 20.8 Å². The summed E-state index contributed by atoms with van der Waals surface area (Å²) in [6.45, 7) is 5.27. The summed E-state index contributed by atoms with van der Waals surface area (Å²) in [5.74, 6) is -0.407. The number of aromatic nitrogens is 2. The predicted molar refractivity (Wildman–Crippen MR) is 111 cm³/mol. The Labute approximate surface area is 170 Å². The number of amides is 1.